The Hall–Kier alpha value is -1.21. The molecule has 0 aliphatic heterocycles. The molecule has 0 aliphatic rings. The number of nitrogens with zero attached hydrogens (tertiary/aromatic N) is 1. The van der Waals surface area contributed by atoms with E-state index in [0.717, 1.165) is 0 Å². The summed E-state index contributed by atoms with van der Waals surface area (Å²) in [5.74, 6) is -0.667. The minimum Gasteiger partial charge on any atom is -0.385 e. The van der Waals surface area contributed by atoms with Gasteiger partial charge in [0.2, 0.25) is 16.0 Å². The molecule has 0 fully saturated rings. The van der Waals surface area contributed by atoms with Gasteiger partial charge in [0.1, 0.15) is 0 Å². The third kappa shape index (κ3) is 5.28. The predicted octanol–water partition coefficient (Wildman–Crippen LogP) is 0.311. The fourth-order valence-corrected chi connectivity index (χ4v) is 1.57. The molecule has 0 aliphatic carbocycles. The molecular weight excluding hydrogens is 221 g/mol. The van der Waals surface area contributed by atoms with Crippen LogP contribution in [-0.4, -0.2) is 25.7 Å². The van der Waals surface area contributed by atoms with Crippen molar-refractivity contribution in [2.75, 3.05) is 17.6 Å². The van der Waals surface area contributed by atoms with Gasteiger partial charge in [-0.3, -0.25) is 0 Å². The Labute approximate surface area is 87.6 Å². The fraction of sp³-hybridized carbons (Fsp3) is 0.375. The molecule has 5 nitrogen and oxygen atoms in total. The fourth-order valence-electron chi connectivity index (χ4n) is 1.02. The summed E-state index contributed by atoms with van der Waals surface area (Å²) < 4.78 is 33.8. The number of hydrogen-bond donors (Lipinski definition) is 2. The van der Waals surface area contributed by atoms with E-state index in [-0.39, 0.29) is 5.75 Å². The van der Waals surface area contributed by atoms with Crippen LogP contribution in [-0.2, 0) is 10.0 Å². The molecule has 1 heterocycles. The zero-order valence-corrected chi connectivity index (χ0v) is 8.80. The highest BCUT2D eigenvalue weighted by Crippen LogP contribution is 2.06. The number of hydrogen-bond acceptors (Lipinski definition) is 4. The Balaban J connectivity index is 2.32. The van der Waals surface area contributed by atoms with Crippen molar-refractivity contribution in [2.24, 2.45) is 5.14 Å². The van der Waals surface area contributed by atoms with E-state index in [4.69, 9.17) is 5.14 Å². The van der Waals surface area contributed by atoms with E-state index in [1.165, 1.54) is 12.3 Å². The van der Waals surface area contributed by atoms with Gasteiger partial charge in [-0.2, -0.15) is 4.39 Å². The van der Waals surface area contributed by atoms with E-state index in [2.05, 4.69) is 10.3 Å². The lowest BCUT2D eigenvalue weighted by molar-refractivity contribution is 0.584. The van der Waals surface area contributed by atoms with Crippen molar-refractivity contribution in [3.05, 3.63) is 24.3 Å². The zero-order chi connectivity index (χ0) is 11.3. The van der Waals surface area contributed by atoms with Crippen molar-refractivity contribution in [3.8, 4) is 0 Å². The van der Waals surface area contributed by atoms with Crippen molar-refractivity contribution in [2.45, 2.75) is 6.42 Å². The van der Waals surface area contributed by atoms with Crippen molar-refractivity contribution in [1.82, 2.24) is 4.98 Å². The summed E-state index contributed by atoms with van der Waals surface area (Å²) in [6.45, 7) is 0.417. The average molecular weight is 233 g/mol. The second-order valence-corrected chi connectivity index (χ2v) is 4.75. The molecule has 0 amide bonds. The van der Waals surface area contributed by atoms with Gasteiger partial charge in [0.05, 0.1) is 5.75 Å². The number of pyridine rings is 1. The second-order valence-electron chi connectivity index (χ2n) is 3.01. The first-order valence-electron chi connectivity index (χ1n) is 4.33. The molecule has 0 unspecified atom stereocenters. The van der Waals surface area contributed by atoms with Crippen molar-refractivity contribution in [1.29, 1.82) is 0 Å². The maximum absolute atomic E-state index is 12.6. The van der Waals surface area contributed by atoms with Crippen LogP contribution in [0, 0.1) is 5.95 Å². The third-order valence-electron chi connectivity index (χ3n) is 1.66. The summed E-state index contributed by atoms with van der Waals surface area (Å²) in [5.41, 5.74) is 0.567. The Bertz CT molecular complexity index is 422. The molecule has 15 heavy (non-hydrogen) atoms. The molecule has 0 aromatic carbocycles. The molecule has 0 saturated carbocycles. The molecular formula is C8H12FN3O2S. The summed E-state index contributed by atoms with van der Waals surface area (Å²) in [6.07, 6.45) is 1.71. The smallest absolute Gasteiger partial charge is 0.214 e. The second kappa shape index (κ2) is 5.04. The number of halogens is 1. The molecule has 7 heteroatoms. The van der Waals surface area contributed by atoms with Gasteiger partial charge in [0, 0.05) is 24.5 Å². The summed E-state index contributed by atoms with van der Waals surface area (Å²) in [7, 11) is -3.41. The van der Waals surface area contributed by atoms with Gasteiger partial charge in [0.25, 0.3) is 0 Å². The molecule has 1 aromatic heterocycles. The van der Waals surface area contributed by atoms with Gasteiger partial charge in [-0.15, -0.1) is 0 Å². The molecule has 0 atom stereocenters. The number of rotatable bonds is 5. The van der Waals surface area contributed by atoms with Crippen molar-refractivity contribution < 1.29 is 12.8 Å². The number of aromatic nitrogens is 1. The Morgan fingerprint density at radius 1 is 1.53 bits per heavy atom. The Morgan fingerprint density at radius 3 is 2.87 bits per heavy atom. The maximum atomic E-state index is 12.6. The van der Waals surface area contributed by atoms with Crippen molar-refractivity contribution in [3.63, 3.8) is 0 Å². The van der Waals surface area contributed by atoms with Crippen LogP contribution in [0.15, 0.2) is 18.3 Å². The van der Waals surface area contributed by atoms with E-state index < -0.39 is 16.0 Å². The molecule has 3 N–H and O–H groups in total. The molecule has 0 spiro atoms. The SMILES string of the molecule is NS(=O)(=O)CCCNc1ccnc(F)c1. The van der Waals surface area contributed by atoms with Gasteiger partial charge in [-0.05, 0) is 12.5 Å². The molecule has 1 rings (SSSR count). The normalized spacial score (nSPS) is 11.3. The zero-order valence-electron chi connectivity index (χ0n) is 7.98. The lowest BCUT2D eigenvalue weighted by Crippen LogP contribution is -2.18. The van der Waals surface area contributed by atoms with Gasteiger partial charge < -0.3 is 5.32 Å². The van der Waals surface area contributed by atoms with E-state index in [1.54, 1.807) is 6.07 Å². The number of nitrogens with two attached hydrogens (primary N) is 1. The number of nitrogens with one attached hydrogen (secondary N) is 1. The van der Waals surface area contributed by atoms with Crippen LogP contribution >= 0.6 is 0 Å². The minimum absolute atomic E-state index is 0.0897. The van der Waals surface area contributed by atoms with E-state index in [1.807, 2.05) is 0 Å². The van der Waals surface area contributed by atoms with Crippen LogP contribution in [0.25, 0.3) is 0 Å². The van der Waals surface area contributed by atoms with E-state index in [9.17, 15) is 12.8 Å². The maximum Gasteiger partial charge on any atom is 0.214 e. The summed E-state index contributed by atoms with van der Waals surface area (Å²) in [6, 6.07) is 2.83. The highest BCUT2D eigenvalue weighted by atomic mass is 32.2. The lowest BCUT2D eigenvalue weighted by Gasteiger charge is -2.04. The number of sulfonamides is 1. The van der Waals surface area contributed by atoms with Crippen molar-refractivity contribution >= 4 is 15.7 Å². The summed E-state index contributed by atoms with van der Waals surface area (Å²) in [5, 5.41) is 7.67. The van der Waals surface area contributed by atoms with Gasteiger partial charge in [-0.25, -0.2) is 18.5 Å². The average Bonchev–Trinajstić information content (AvgIpc) is 2.11. The Kier molecular flexibility index (Phi) is 3.98. The molecule has 1 aromatic rings. The van der Waals surface area contributed by atoms with Crippen LogP contribution < -0.4 is 10.5 Å². The summed E-state index contributed by atoms with van der Waals surface area (Å²) in [4.78, 5) is 3.38. The lowest BCUT2D eigenvalue weighted by atomic mass is 10.4. The molecule has 0 bridgehead atoms. The third-order valence-corrected chi connectivity index (χ3v) is 2.52. The largest absolute Gasteiger partial charge is 0.385 e. The molecule has 84 valence electrons. The first kappa shape index (κ1) is 11.9. The van der Waals surface area contributed by atoms with Crippen LogP contribution in [0.2, 0.25) is 0 Å². The number of primary sulfonamides is 1. The monoisotopic (exact) mass is 233 g/mol. The van der Waals surface area contributed by atoms with Crippen LogP contribution in [0.3, 0.4) is 0 Å². The van der Waals surface area contributed by atoms with Crippen LogP contribution in [0.4, 0.5) is 10.1 Å². The van der Waals surface area contributed by atoms with E-state index >= 15 is 0 Å². The minimum atomic E-state index is -3.41. The number of anilines is 1. The van der Waals surface area contributed by atoms with Gasteiger partial charge in [0.15, 0.2) is 0 Å². The van der Waals surface area contributed by atoms with E-state index in [0.29, 0.717) is 18.7 Å². The first-order chi connectivity index (χ1) is 6.97. The molecule has 0 saturated heterocycles. The van der Waals surface area contributed by atoms with Crippen LogP contribution in [0.1, 0.15) is 6.42 Å². The highest BCUT2D eigenvalue weighted by molar-refractivity contribution is 7.89. The Morgan fingerprint density at radius 2 is 2.27 bits per heavy atom. The van der Waals surface area contributed by atoms with Crippen LogP contribution in [0.5, 0.6) is 0 Å². The molecule has 0 radical (unpaired) electrons. The highest BCUT2D eigenvalue weighted by Gasteiger charge is 2.01. The van der Waals surface area contributed by atoms with Gasteiger partial charge >= 0.3 is 0 Å². The summed E-state index contributed by atoms with van der Waals surface area (Å²) >= 11 is 0. The van der Waals surface area contributed by atoms with Gasteiger partial charge in [-0.1, -0.05) is 0 Å². The quantitative estimate of drug-likeness (QED) is 0.566. The predicted molar refractivity (Wildman–Crippen MR) is 55.3 cm³/mol. The first-order valence-corrected chi connectivity index (χ1v) is 6.05. The topological polar surface area (TPSA) is 85.1 Å². The standard InChI is InChI=1S/C8H12FN3O2S/c9-8-6-7(2-4-12-8)11-3-1-5-15(10,13)14/h2,4,6H,1,3,5H2,(H,11,12)(H2,10,13,14).